The number of aryl methyl sites for hydroxylation is 2. The van der Waals surface area contributed by atoms with E-state index in [9.17, 15) is 4.79 Å². The third-order valence-corrected chi connectivity index (χ3v) is 5.94. The summed E-state index contributed by atoms with van der Waals surface area (Å²) in [5, 5.41) is 0. The van der Waals surface area contributed by atoms with Gasteiger partial charge in [-0.3, -0.25) is 9.78 Å². The topological polar surface area (TPSA) is 61.9 Å². The molecule has 0 aromatic carbocycles. The van der Waals surface area contributed by atoms with Gasteiger partial charge in [0.1, 0.15) is 5.82 Å². The molecule has 138 valence electrons. The van der Waals surface area contributed by atoms with Gasteiger partial charge in [-0.2, -0.15) is 0 Å². The van der Waals surface area contributed by atoms with E-state index in [-0.39, 0.29) is 5.56 Å². The van der Waals surface area contributed by atoms with Crippen LogP contribution in [-0.4, -0.2) is 39.0 Å². The van der Waals surface area contributed by atoms with E-state index in [2.05, 4.69) is 28.7 Å². The van der Waals surface area contributed by atoms with Gasteiger partial charge < -0.3 is 9.88 Å². The van der Waals surface area contributed by atoms with Crippen molar-refractivity contribution in [3.63, 3.8) is 0 Å². The van der Waals surface area contributed by atoms with Gasteiger partial charge in [0.25, 0.3) is 5.56 Å². The van der Waals surface area contributed by atoms with E-state index in [1.54, 1.807) is 6.07 Å². The van der Waals surface area contributed by atoms with E-state index in [1.165, 1.54) is 11.1 Å². The highest BCUT2D eigenvalue weighted by molar-refractivity contribution is 5.65. The second-order valence-corrected chi connectivity index (χ2v) is 8.02. The molecule has 1 fully saturated rings. The van der Waals surface area contributed by atoms with Gasteiger partial charge in [-0.1, -0.05) is 0 Å². The quantitative estimate of drug-likeness (QED) is 0.921. The van der Waals surface area contributed by atoms with Crippen molar-refractivity contribution in [3.8, 4) is 11.4 Å². The molecule has 2 aromatic rings. The molecule has 1 unspecified atom stereocenters. The highest BCUT2D eigenvalue weighted by Gasteiger charge is 2.26. The minimum atomic E-state index is -0.0540. The van der Waals surface area contributed by atoms with Crippen LogP contribution in [0.1, 0.15) is 61.5 Å². The van der Waals surface area contributed by atoms with Crippen molar-refractivity contribution in [1.29, 1.82) is 0 Å². The number of nitrogens with zero attached hydrogens (tertiary/aromatic N) is 3. The monoisotopic (exact) mass is 352 g/mol. The summed E-state index contributed by atoms with van der Waals surface area (Å²) in [7, 11) is 0. The van der Waals surface area contributed by atoms with E-state index in [1.807, 2.05) is 13.1 Å². The second kappa shape index (κ2) is 6.95. The summed E-state index contributed by atoms with van der Waals surface area (Å²) in [6, 6.07) is 2.23. The molecule has 1 aliphatic heterocycles. The van der Waals surface area contributed by atoms with Gasteiger partial charge in [0.15, 0.2) is 0 Å². The maximum atomic E-state index is 12.4. The van der Waals surface area contributed by atoms with Gasteiger partial charge in [0, 0.05) is 42.0 Å². The molecule has 4 rings (SSSR count). The Hall–Kier alpha value is -2.01. The van der Waals surface area contributed by atoms with Crippen molar-refractivity contribution >= 4 is 0 Å². The summed E-state index contributed by atoms with van der Waals surface area (Å²) in [6.45, 7) is 8.61. The number of piperidine rings is 1. The lowest BCUT2D eigenvalue weighted by atomic mass is 9.93. The van der Waals surface area contributed by atoms with Crippen LogP contribution in [0, 0.1) is 6.92 Å². The molecule has 2 aliphatic rings. The summed E-state index contributed by atoms with van der Waals surface area (Å²) < 4.78 is 0. The first-order chi connectivity index (χ1) is 12.5. The first-order valence-corrected chi connectivity index (χ1v) is 9.86. The number of aromatic amines is 1. The Balaban J connectivity index is 1.75. The molecule has 0 saturated carbocycles. The second-order valence-electron chi connectivity index (χ2n) is 8.02. The Labute approximate surface area is 154 Å². The molecule has 0 amide bonds. The predicted octanol–water partition coefficient (Wildman–Crippen LogP) is 3.22. The Bertz CT molecular complexity index is 871. The van der Waals surface area contributed by atoms with Gasteiger partial charge in [0.05, 0.1) is 5.69 Å². The summed E-state index contributed by atoms with van der Waals surface area (Å²) in [6.07, 6.45) is 7.53. The van der Waals surface area contributed by atoms with Gasteiger partial charge in [-0.05, 0) is 70.5 Å². The van der Waals surface area contributed by atoms with E-state index in [0.29, 0.717) is 17.8 Å². The van der Waals surface area contributed by atoms with Crippen LogP contribution in [0.25, 0.3) is 11.4 Å². The zero-order valence-corrected chi connectivity index (χ0v) is 16.0. The number of nitrogens with one attached hydrogen (secondary N) is 1. The molecule has 1 saturated heterocycles. The van der Waals surface area contributed by atoms with Crippen LogP contribution in [-0.2, 0) is 12.8 Å². The van der Waals surface area contributed by atoms with Crippen molar-refractivity contribution in [2.45, 2.75) is 64.8 Å². The van der Waals surface area contributed by atoms with E-state index >= 15 is 0 Å². The summed E-state index contributed by atoms with van der Waals surface area (Å²) in [5.74, 6) is 1.04. The Morgan fingerprint density at radius 1 is 1.27 bits per heavy atom. The molecular formula is C21H28N4O. The molecule has 26 heavy (non-hydrogen) atoms. The fraction of sp³-hybridized carbons (Fsp3) is 0.571. The number of H-pyrrole nitrogens is 1. The van der Waals surface area contributed by atoms with Gasteiger partial charge >= 0.3 is 0 Å². The number of likely N-dealkylation sites (tertiary alicyclic amines) is 1. The van der Waals surface area contributed by atoms with Crippen LogP contribution in [0.5, 0.6) is 0 Å². The molecule has 1 N–H and O–H groups in total. The van der Waals surface area contributed by atoms with E-state index < -0.39 is 0 Å². The summed E-state index contributed by atoms with van der Waals surface area (Å²) in [5.41, 5.74) is 5.52. The van der Waals surface area contributed by atoms with Gasteiger partial charge in [0.2, 0.25) is 0 Å². The first-order valence-electron chi connectivity index (χ1n) is 9.86. The molecule has 3 heterocycles. The highest BCUT2D eigenvalue weighted by atomic mass is 16.1. The normalized spacial score (nSPS) is 20.5. The predicted molar refractivity (Wildman–Crippen MR) is 104 cm³/mol. The zero-order chi connectivity index (χ0) is 18.3. The smallest absolute Gasteiger partial charge is 0.251 e. The number of pyridine rings is 1. The van der Waals surface area contributed by atoms with Gasteiger partial charge in [-0.25, -0.2) is 4.98 Å². The molecule has 1 atom stereocenters. The first kappa shape index (κ1) is 17.4. The standard InChI is InChI=1S/C21H28N4O/c1-13(2)25-9-5-7-16(12-25)18-10-19(26)24-21(23-18)20-14(3)22-11-15-6-4-8-17(15)20/h10-11,13,16H,4-9,12H2,1-3H3,(H,23,24,26). The van der Waals surface area contributed by atoms with E-state index in [4.69, 9.17) is 4.98 Å². The Morgan fingerprint density at radius 3 is 2.92 bits per heavy atom. The number of rotatable bonds is 3. The van der Waals surface area contributed by atoms with Crippen molar-refractivity contribution in [1.82, 2.24) is 19.9 Å². The summed E-state index contributed by atoms with van der Waals surface area (Å²) in [4.78, 5) is 27.4. The number of aromatic nitrogens is 3. The minimum absolute atomic E-state index is 0.0540. The molecule has 0 spiro atoms. The lowest BCUT2D eigenvalue weighted by Crippen LogP contribution is -2.39. The molecule has 0 bridgehead atoms. The lowest BCUT2D eigenvalue weighted by Gasteiger charge is -2.35. The van der Waals surface area contributed by atoms with Crippen LogP contribution >= 0.6 is 0 Å². The number of hydrogen-bond donors (Lipinski definition) is 1. The van der Waals surface area contributed by atoms with Crippen molar-refractivity contribution in [2.24, 2.45) is 0 Å². The van der Waals surface area contributed by atoms with Crippen molar-refractivity contribution in [3.05, 3.63) is 45.1 Å². The van der Waals surface area contributed by atoms with Crippen molar-refractivity contribution < 1.29 is 0 Å². The highest BCUT2D eigenvalue weighted by Crippen LogP contribution is 2.33. The van der Waals surface area contributed by atoms with Gasteiger partial charge in [-0.15, -0.1) is 0 Å². The summed E-state index contributed by atoms with van der Waals surface area (Å²) >= 11 is 0. The van der Waals surface area contributed by atoms with E-state index in [0.717, 1.165) is 62.1 Å². The van der Waals surface area contributed by atoms with Crippen molar-refractivity contribution in [2.75, 3.05) is 13.1 Å². The molecule has 5 heteroatoms. The third-order valence-electron chi connectivity index (χ3n) is 5.94. The average molecular weight is 352 g/mol. The Morgan fingerprint density at radius 2 is 2.12 bits per heavy atom. The molecule has 0 radical (unpaired) electrons. The maximum absolute atomic E-state index is 12.4. The lowest BCUT2D eigenvalue weighted by molar-refractivity contribution is 0.166. The Kier molecular flexibility index (Phi) is 4.65. The van der Waals surface area contributed by atoms with Crippen LogP contribution in [0.3, 0.4) is 0 Å². The van der Waals surface area contributed by atoms with Crippen LogP contribution in [0.15, 0.2) is 17.1 Å². The molecular weight excluding hydrogens is 324 g/mol. The fourth-order valence-corrected chi connectivity index (χ4v) is 4.49. The number of hydrogen-bond acceptors (Lipinski definition) is 4. The fourth-order valence-electron chi connectivity index (χ4n) is 4.49. The third kappa shape index (κ3) is 3.20. The van der Waals surface area contributed by atoms with Crippen LogP contribution in [0.2, 0.25) is 0 Å². The maximum Gasteiger partial charge on any atom is 0.251 e. The largest absolute Gasteiger partial charge is 0.306 e. The SMILES string of the molecule is Cc1ncc2c(c1-c1nc(C3CCCN(C(C)C)C3)cc(=O)[nH]1)CCC2. The zero-order valence-electron chi connectivity index (χ0n) is 16.0. The van der Waals surface area contributed by atoms with Crippen LogP contribution < -0.4 is 5.56 Å². The minimum Gasteiger partial charge on any atom is -0.306 e. The number of fused-ring (bicyclic) bond motifs is 1. The molecule has 1 aliphatic carbocycles. The average Bonchev–Trinajstić information content (AvgIpc) is 3.09. The van der Waals surface area contributed by atoms with Crippen LogP contribution in [0.4, 0.5) is 0 Å². The molecule has 5 nitrogen and oxygen atoms in total. The molecule has 2 aromatic heterocycles.